The third kappa shape index (κ3) is 33.0. The Morgan fingerprint density at radius 2 is 1.07 bits per heavy atom. The Bertz CT molecular complexity index is 1000. The summed E-state index contributed by atoms with van der Waals surface area (Å²) >= 11 is 0. The SMILES string of the molecule is CCCCCCCCCCSSCCOC(=O)CCN(CCCn1ccnc1)CCC(=O)OCCOC(=O)C(CCCCCCCC)CCCCCCCC. The van der Waals surface area contributed by atoms with E-state index in [1.807, 2.05) is 21.6 Å². The van der Waals surface area contributed by atoms with E-state index in [1.165, 1.54) is 103 Å². The summed E-state index contributed by atoms with van der Waals surface area (Å²) in [5.41, 5.74) is 0. The Kier molecular flexibility index (Phi) is 36.5. The molecule has 0 amide bonds. The molecule has 1 aromatic heterocycles. The number of ether oxygens (including phenoxy) is 3. The van der Waals surface area contributed by atoms with Crippen molar-refractivity contribution in [2.24, 2.45) is 5.92 Å². The summed E-state index contributed by atoms with van der Waals surface area (Å²) in [4.78, 5) is 44.5. The zero-order valence-corrected chi connectivity index (χ0v) is 37.1. The van der Waals surface area contributed by atoms with E-state index in [-0.39, 0.29) is 49.9 Å². The Labute approximate surface area is 344 Å². The molecule has 0 saturated heterocycles. The minimum Gasteiger partial charge on any atom is -0.465 e. The number of hydrogen-bond acceptors (Lipinski definition) is 10. The van der Waals surface area contributed by atoms with Gasteiger partial charge in [-0.2, -0.15) is 0 Å². The first-order valence-electron chi connectivity index (χ1n) is 22.4. The Hall–Kier alpha value is -1.72. The van der Waals surface area contributed by atoms with Crippen molar-refractivity contribution < 1.29 is 28.6 Å². The zero-order valence-electron chi connectivity index (χ0n) is 35.5. The Morgan fingerprint density at radius 1 is 0.582 bits per heavy atom. The lowest BCUT2D eigenvalue weighted by Crippen LogP contribution is -2.31. The number of aromatic nitrogens is 2. The number of unbranched alkanes of at least 4 members (excludes halogenated alkanes) is 17. The number of rotatable bonds is 41. The second kappa shape index (κ2) is 39.1. The molecule has 11 heteroatoms. The van der Waals surface area contributed by atoms with Crippen molar-refractivity contribution in [2.75, 3.05) is 51.0 Å². The molecule has 55 heavy (non-hydrogen) atoms. The van der Waals surface area contributed by atoms with E-state index >= 15 is 0 Å². The zero-order chi connectivity index (χ0) is 39.9. The first-order chi connectivity index (χ1) is 27.0. The van der Waals surface area contributed by atoms with Gasteiger partial charge in [-0.1, -0.05) is 164 Å². The number of imidazole rings is 1. The van der Waals surface area contributed by atoms with Gasteiger partial charge in [-0.15, -0.1) is 0 Å². The van der Waals surface area contributed by atoms with Gasteiger partial charge in [0, 0.05) is 43.5 Å². The van der Waals surface area contributed by atoms with Crippen LogP contribution in [0.5, 0.6) is 0 Å². The summed E-state index contributed by atoms with van der Waals surface area (Å²) in [7, 11) is 3.65. The average Bonchev–Trinajstić information content (AvgIpc) is 3.71. The predicted octanol–water partition coefficient (Wildman–Crippen LogP) is 11.6. The molecule has 0 aliphatic rings. The number of hydrogen-bond donors (Lipinski definition) is 0. The van der Waals surface area contributed by atoms with Crippen LogP contribution in [0.2, 0.25) is 0 Å². The lowest BCUT2D eigenvalue weighted by Gasteiger charge is -2.21. The van der Waals surface area contributed by atoms with Crippen LogP contribution in [0.1, 0.15) is 181 Å². The fraction of sp³-hybridized carbons (Fsp3) is 0.864. The van der Waals surface area contributed by atoms with Crippen LogP contribution in [0, 0.1) is 5.92 Å². The van der Waals surface area contributed by atoms with Gasteiger partial charge >= 0.3 is 17.9 Å². The number of nitrogens with zero attached hydrogens (tertiary/aromatic N) is 3. The third-order valence-corrected chi connectivity index (χ3v) is 12.5. The molecule has 0 fully saturated rings. The van der Waals surface area contributed by atoms with Crippen molar-refractivity contribution in [1.29, 1.82) is 0 Å². The van der Waals surface area contributed by atoms with Crippen molar-refractivity contribution in [3.8, 4) is 0 Å². The lowest BCUT2D eigenvalue weighted by atomic mass is 9.94. The summed E-state index contributed by atoms with van der Waals surface area (Å²) in [5, 5.41) is 0. The average molecular weight is 812 g/mol. The van der Waals surface area contributed by atoms with Gasteiger partial charge in [0.2, 0.25) is 0 Å². The fourth-order valence-electron chi connectivity index (χ4n) is 6.61. The molecule has 0 unspecified atom stereocenters. The molecule has 0 aliphatic carbocycles. The van der Waals surface area contributed by atoms with Gasteiger partial charge in [0.25, 0.3) is 0 Å². The first kappa shape index (κ1) is 51.3. The van der Waals surface area contributed by atoms with Gasteiger partial charge in [-0.3, -0.25) is 14.4 Å². The molecule has 0 radical (unpaired) electrons. The van der Waals surface area contributed by atoms with E-state index in [0.29, 0.717) is 19.7 Å². The van der Waals surface area contributed by atoms with Crippen molar-refractivity contribution in [2.45, 2.75) is 188 Å². The molecule has 0 aromatic carbocycles. The van der Waals surface area contributed by atoms with E-state index in [0.717, 1.165) is 69.5 Å². The third-order valence-electron chi connectivity index (χ3n) is 10.0. The van der Waals surface area contributed by atoms with Gasteiger partial charge in [-0.25, -0.2) is 4.98 Å². The van der Waals surface area contributed by atoms with E-state index in [2.05, 4.69) is 30.7 Å². The molecular formula is C44H81N3O6S2. The molecule has 9 nitrogen and oxygen atoms in total. The van der Waals surface area contributed by atoms with Crippen LogP contribution in [0.25, 0.3) is 0 Å². The van der Waals surface area contributed by atoms with Crippen molar-refractivity contribution in [1.82, 2.24) is 14.5 Å². The summed E-state index contributed by atoms with van der Waals surface area (Å²) in [6, 6.07) is 0. The van der Waals surface area contributed by atoms with Gasteiger partial charge in [0.15, 0.2) is 0 Å². The Balaban J connectivity index is 2.35. The molecule has 0 aliphatic heterocycles. The number of aryl methyl sites for hydroxylation is 1. The van der Waals surface area contributed by atoms with Crippen LogP contribution >= 0.6 is 21.6 Å². The van der Waals surface area contributed by atoms with Gasteiger partial charge in [0.05, 0.1) is 25.1 Å². The topological polar surface area (TPSA) is 100.0 Å². The highest BCUT2D eigenvalue weighted by atomic mass is 33.1. The maximum atomic E-state index is 13.0. The maximum Gasteiger partial charge on any atom is 0.309 e. The minimum atomic E-state index is -0.324. The number of esters is 3. The van der Waals surface area contributed by atoms with Gasteiger partial charge in [0.1, 0.15) is 19.8 Å². The van der Waals surface area contributed by atoms with Crippen LogP contribution < -0.4 is 0 Å². The second-order valence-corrected chi connectivity index (χ2v) is 17.7. The van der Waals surface area contributed by atoms with Crippen LogP contribution in [0.3, 0.4) is 0 Å². The summed E-state index contributed by atoms with van der Waals surface area (Å²) in [5.74, 6) is 1.19. The molecule has 320 valence electrons. The highest BCUT2D eigenvalue weighted by Crippen LogP contribution is 2.23. The van der Waals surface area contributed by atoms with Crippen molar-refractivity contribution >= 4 is 39.5 Å². The van der Waals surface area contributed by atoms with Crippen LogP contribution in [0.4, 0.5) is 0 Å². The molecule has 0 N–H and O–H groups in total. The molecule has 1 heterocycles. The van der Waals surface area contributed by atoms with E-state index in [9.17, 15) is 14.4 Å². The molecule has 0 atom stereocenters. The van der Waals surface area contributed by atoms with Crippen LogP contribution in [0.15, 0.2) is 18.7 Å². The van der Waals surface area contributed by atoms with E-state index in [4.69, 9.17) is 14.2 Å². The standard InChI is InChI=1S/C44H81N3O6S2/c1-4-7-10-13-16-17-20-23-38-54-55-39-37-52-43(49)28-33-46(30-24-31-47-34-29-45-40-47)32-27-42(48)51-35-36-53-44(50)41(25-21-18-14-11-8-5-2)26-22-19-15-12-9-6-3/h29,34,40-41H,4-28,30-33,35-39H2,1-3H3. The highest BCUT2D eigenvalue weighted by molar-refractivity contribution is 8.76. The normalized spacial score (nSPS) is 11.4. The predicted molar refractivity (Wildman–Crippen MR) is 232 cm³/mol. The molecule has 0 saturated carbocycles. The smallest absolute Gasteiger partial charge is 0.309 e. The summed E-state index contributed by atoms with van der Waals surface area (Å²) < 4.78 is 18.6. The van der Waals surface area contributed by atoms with Crippen LogP contribution in [-0.4, -0.2) is 83.3 Å². The monoisotopic (exact) mass is 812 g/mol. The summed E-state index contributed by atoms with van der Waals surface area (Å²) in [6.45, 7) is 9.84. The van der Waals surface area contributed by atoms with Crippen molar-refractivity contribution in [3.05, 3.63) is 18.7 Å². The maximum absolute atomic E-state index is 13.0. The number of carbonyl (C=O) groups is 3. The van der Waals surface area contributed by atoms with Gasteiger partial charge < -0.3 is 23.7 Å². The largest absolute Gasteiger partial charge is 0.465 e. The minimum absolute atomic E-state index is 0.0632. The molecule has 1 rings (SSSR count). The van der Waals surface area contributed by atoms with Crippen LogP contribution in [-0.2, 0) is 35.1 Å². The summed E-state index contributed by atoms with van der Waals surface area (Å²) in [6.07, 6.45) is 33.7. The lowest BCUT2D eigenvalue weighted by molar-refractivity contribution is -0.155. The first-order valence-corrected chi connectivity index (χ1v) is 24.9. The highest BCUT2D eigenvalue weighted by Gasteiger charge is 2.20. The second-order valence-electron chi connectivity index (χ2n) is 15.0. The number of carbonyl (C=O) groups excluding carboxylic acids is 3. The molecule has 0 spiro atoms. The van der Waals surface area contributed by atoms with E-state index in [1.54, 1.807) is 23.3 Å². The molecule has 0 bridgehead atoms. The van der Waals surface area contributed by atoms with Gasteiger partial charge in [-0.05, 0) is 32.2 Å². The Morgan fingerprint density at radius 3 is 1.62 bits per heavy atom. The fourth-order valence-corrected chi connectivity index (χ4v) is 8.59. The van der Waals surface area contributed by atoms with E-state index < -0.39 is 0 Å². The van der Waals surface area contributed by atoms with Crippen molar-refractivity contribution in [3.63, 3.8) is 0 Å². The molecule has 1 aromatic rings. The quantitative estimate of drug-likeness (QED) is 0.0275. The molecular weight excluding hydrogens is 731 g/mol.